The highest BCUT2D eigenvalue weighted by Crippen LogP contribution is 2.08. The number of hydrogen-bond donors (Lipinski definition) is 0. The molecule has 0 fully saturated rings. The molecule has 0 amide bonds. The van der Waals surface area contributed by atoms with Gasteiger partial charge >= 0.3 is 0 Å². The summed E-state index contributed by atoms with van der Waals surface area (Å²) in [5, 5.41) is 0. The summed E-state index contributed by atoms with van der Waals surface area (Å²) in [7, 11) is 2.05. The fraction of sp³-hybridized carbons (Fsp3) is 0.278. The lowest BCUT2D eigenvalue weighted by molar-refractivity contribution is 0.0968. The predicted octanol–water partition coefficient (Wildman–Crippen LogP) is 3.70. The van der Waals surface area contributed by atoms with E-state index >= 15 is 0 Å². The van der Waals surface area contributed by atoms with Crippen molar-refractivity contribution in [3.63, 3.8) is 0 Å². The largest absolute Gasteiger partial charge is 0.302 e. The fourth-order valence-corrected chi connectivity index (χ4v) is 2.15. The first-order chi connectivity index (χ1) is 9.65. The Balaban J connectivity index is 1.82. The van der Waals surface area contributed by atoms with Crippen LogP contribution in [0.4, 0.5) is 0 Å². The molecule has 2 aromatic carbocycles. The molecule has 2 aromatic rings. The molecule has 0 aliphatic rings. The molecule has 0 aliphatic carbocycles. The number of hydrogen-bond acceptors (Lipinski definition) is 2. The molecule has 0 spiro atoms. The third-order valence-electron chi connectivity index (χ3n) is 3.39. The molecule has 0 aliphatic heterocycles. The van der Waals surface area contributed by atoms with E-state index in [0.717, 1.165) is 18.7 Å². The second-order valence-electron chi connectivity index (χ2n) is 5.26. The molecule has 2 nitrogen and oxygen atoms in total. The lowest BCUT2D eigenvalue weighted by atomic mass is 10.1. The summed E-state index contributed by atoms with van der Waals surface area (Å²) in [5.74, 6) is 0.213. The van der Waals surface area contributed by atoms with E-state index in [9.17, 15) is 4.79 Å². The van der Waals surface area contributed by atoms with Gasteiger partial charge in [0, 0.05) is 25.1 Å². The number of carbonyl (C=O) groups is 1. The van der Waals surface area contributed by atoms with Crippen molar-refractivity contribution >= 4 is 5.78 Å². The number of benzene rings is 2. The normalized spacial score (nSPS) is 10.8. The molecule has 0 bridgehead atoms. The summed E-state index contributed by atoms with van der Waals surface area (Å²) >= 11 is 0. The molecule has 0 radical (unpaired) electrons. The molecule has 0 aromatic heterocycles. The minimum absolute atomic E-state index is 0.213. The molecule has 0 N–H and O–H groups in total. The van der Waals surface area contributed by atoms with Crippen molar-refractivity contribution in [1.29, 1.82) is 0 Å². The minimum Gasteiger partial charge on any atom is -0.302 e. The second kappa shape index (κ2) is 7.01. The van der Waals surface area contributed by atoms with Gasteiger partial charge in [-0.1, -0.05) is 60.2 Å². The number of aryl methyl sites for hydroxylation is 1. The number of nitrogens with zero attached hydrogens (tertiary/aromatic N) is 1. The molecular weight excluding hydrogens is 246 g/mol. The Labute approximate surface area is 121 Å². The molecule has 0 saturated heterocycles. The van der Waals surface area contributed by atoms with Crippen LogP contribution in [0.25, 0.3) is 0 Å². The van der Waals surface area contributed by atoms with E-state index in [1.807, 2.05) is 49.4 Å². The molecule has 20 heavy (non-hydrogen) atoms. The highest BCUT2D eigenvalue weighted by Gasteiger charge is 2.07. The highest BCUT2D eigenvalue weighted by atomic mass is 16.1. The summed E-state index contributed by atoms with van der Waals surface area (Å²) in [6.07, 6.45) is 0.562. The van der Waals surface area contributed by atoms with Gasteiger partial charge in [-0.2, -0.15) is 0 Å². The number of rotatable bonds is 6. The average Bonchev–Trinajstić information content (AvgIpc) is 2.46. The molecule has 2 heteroatoms. The van der Waals surface area contributed by atoms with Gasteiger partial charge < -0.3 is 4.90 Å². The Kier molecular flexibility index (Phi) is 5.08. The van der Waals surface area contributed by atoms with Gasteiger partial charge in [-0.25, -0.2) is 0 Å². The van der Waals surface area contributed by atoms with Crippen molar-refractivity contribution in [1.82, 2.24) is 4.90 Å². The molecule has 0 atom stereocenters. The van der Waals surface area contributed by atoms with Crippen LogP contribution in [0.15, 0.2) is 54.6 Å². The van der Waals surface area contributed by atoms with Crippen LogP contribution in [0.5, 0.6) is 0 Å². The van der Waals surface area contributed by atoms with Gasteiger partial charge in [-0.3, -0.25) is 4.79 Å². The number of Topliss-reactive ketones (excluding diaryl/α,β-unsaturated/α-hetero) is 1. The van der Waals surface area contributed by atoms with Gasteiger partial charge in [0.05, 0.1) is 0 Å². The summed E-state index contributed by atoms with van der Waals surface area (Å²) in [5.41, 5.74) is 3.27. The lowest BCUT2D eigenvalue weighted by Crippen LogP contribution is -2.21. The summed E-state index contributed by atoms with van der Waals surface area (Å²) in [4.78, 5) is 14.3. The van der Waals surface area contributed by atoms with E-state index < -0.39 is 0 Å². The topological polar surface area (TPSA) is 20.3 Å². The summed E-state index contributed by atoms with van der Waals surface area (Å²) < 4.78 is 0. The summed E-state index contributed by atoms with van der Waals surface area (Å²) in [6.45, 7) is 3.69. The molecule has 0 unspecified atom stereocenters. The Morgan fingerprint density at radius 3 is 2.30 bits per heavy atom. The van der Waals surface area contributed by atoms with E-state index in [-0.39, 0.29) is 5.78 Å². The van der Waals surface area contributed by atoms with Crippen LogP contribution >= 0.6 is 0 Å². The van der Waals surface area contributed by atoms with E-state index in [4.69, 9.17) is 0 Å². The maximum Gasteiger partial charge on any atom is 0.164 e. The number of ketones is 1. The molecular formula is C18H21NO. The Morgan fingerprint density at radius 1 is 1.00 bits per heavy atom. The maximum absolute atomic E-state index is 12.1. The van der Waals surface area contributed by atoms with Gasteiger partial charge in [-0.15, -0.1) is 0 Å². The van der Waals surface area contributed by atoms with Crippen LogP contribution in [-0.4, -0.2) is 24.3 Å². The van der Waals surface area contributed by atoms with Crippen molar-refractivity contribution in [2.45, 2.75) is 19.9 Å². The van der Waals surface area contributed by atoms with E-state index in [0.29, 0.717) is 6.42 Å². The Morgan fingerprint density at radius 2 is 1.65 bits per heavy atom. The third kappa shape index (κ3) is 4.32. The molecule has 104 valence electrons. The number of carbonyl (C=O) groups excluding carboxylic acids is 1. The van der Waals surface area contributed by atoms with E-state index in [1.165, 1.54) is 11.1 Å². The van der Waals surface area contributed by atoms with Crippen molar-refractivity contribution in [2.75, 3.05) is 13.6 Å². The maximum atomic E-state index is 12.1. The standard InChI is InChI=1S/C18H21NO/c1-15-8-10-17(11-9-15)18(20)12-13-19(2)14-16-6-4-3-5-7-16/h3-11H,12-14H2,1-2H3. The highest BCUT2D eigenvalue weighted by molar-refractivity contribution is 5.96. The SMILES string of the molecule is Cc1ccc(C(=O)CCN(C)Cc2ccccc2)cc1. The molecule has 0 heterocycles. The van der Waals surface area contributed by atoms with Crippen molar-refractivity contribution in [2.24, 2.45) is 0 Å². The average molecular weight is 267 g/mol. The van der Waals surface area contributed by atoms with Crippen molar-refractivity contribution in [3.05, 3.63) is 71.3 Å². The van der Waals surface area contributed by atoms with Crippen LogP contribution in [-0.2, 0) is 6.54 Å². The fourth-order valence-electron chi connectivity index (χ4n) is 2.15. The smallest absolute Gasteiger partial charge is 0.164 e. The van der Waals surface area contributed by atoms with Gasteiger partial charge in [0.1, 0.15) is 0 Å². The Bertz CT molecular complexity index is 545. The third-order valence-corrected chi connectivity index (χ3v) is 3.39. The zero-order valence-electron chi connectivity index (χ0n) is 12.2. The minimum atomic E-state index is 0.213. The zero-order chi connectivity index (χ0) is 14.4. The van der Waals surface area contributed by atoms with Gasteiger partial charge in [0.2, 0.25) is 0 Å². The quantitative estimate of drug-likeness (QED) is 0.744. The van der Waals surface area contributed by atoms with Crippen molar-refractivity contribution < 1.29 is 4.79 Å². The Hall–Kier alpha value is -1.93. The van der Waals surface area contributed by atoms with Gasteiger partial charge in [-0.05, 0) is 19.5 Å². The second-order valence-corrected chi connectivity index (χ2v) is 5.26. The summed E-state index contributed by atoms with van der Waals surface area (Å²) in [6, 6.07) is 18.1. The van der Waals surface area contributed by atoms with Crippen LogP contribution in [0.1, 0.15) is 27.9 Å². The van der Waals surface area contributed by atoms with E-state index in [2.05, 4.69) is 24.1 Å². The predicted molar refractivity (Wildman–Crippen MR) is 82.9 cm³/mol. The zero-order valence-corrected chi connectivity index (χ0v) is 12.2. The van der Waals surface area contributed by atoms with Crippen LogP contribution in [0, 0.1) is 6.92 Å². The first-order valence-corrected chi connectivity index (χ1v) is 6.97. The molecule has 0 saturated carbocycles. The first kappa shape index (κ1) is 14.5. The monoisotopic (exact) mass is 267 g/mol. The van der Waals surface area contributed by atoms with Crippen LogP contribution < -0.4 is 0 Å². The first-order valence-electron chi connectivity index (χ1n) is 6.97. The van der Waals surface area contributed by atoms with Gasteiger partial charge in [0.25, 0.3) is 0 Å². The van der Waals surface area contributed by atoms with Gasteiger partial charge in [0.15, 0.2) is 5.78 Å². The lowest BCUT2D eigenvalue weighted by Gasteiger charge is -2.16. The van der Waals surface area contributed by atoms with Crippen molar-refractivity contribution in [3.8, 4) is 0 Å². The molecule has 2 rings (SSSR count). The van der Waals surface area contributed by atoms with E-state index in [1.54, 1.807) is 0 Å². The van der Waals surface area contributed by atoms with Crippen LogP contribution in [0.3, 0.4) is 0 Å². The van der Waals surface area contributed by atoms with Crippen LogP contribution in [0.2, 0.25) is 0 Å².